The Bertz CT molecular complexity index is 954. The van der Waals surface area contributed by atoms with Gasteiger partial charge in [-0.25, -0.2) is 9.97 Å². The zero-order valence-electron chi connectivity index (χ0n) is 14.6. The summed E-state index contributed by atoms with van der Waals surface area (Å²) in [5.41, 5.74) is 2.41. The minimum atomic E-state index is 0.687. The van der Waals surface area contributed by atoms with Crippen LogP contribution in [0.1, 0.15) is 36.1 Å². The average Bonchev–Trinajstić information content (AvgIpc) is 2.83. The highest BCUT2D eigenvalue weighted by Crippen LogP contribution is 2.39. The van der Waals surface area contributed by atoms with E-state index in [0.29, 0.717) is 13.2 Å². The van der Waals surface area contributed by atoms with Crippen molar-refractivity contribution in [2.24, 2.45) is 0 Å². The lowest BCUT2D eigenvalue weighted by atomic mass is 10.1. The number of thiophene rings is 1. The van der Waals surface area contributed by atoms with Crippen molar-refractivity contribution in [1.82, 2.24) is 9.97 Å². The molecule has 1 aliphatic heterocycles. The maximum absolute atomic E-state index is 5.81. The summed E-state index contributed by atoms with van der Waals surface area (Å²) in [6, 6.07) is 5.99. The van der Waals surface area contributed by atoms with Crippen LogP contribution in [0.3, 0.4) is 0 Å². The number of aryl methyl sites for hydroxylation is 2. The van der Waals surface area contributed by atoms with Gasteiger partial charge >= 0.3 is 0 Å². The molecule has 0 atom stereocenters. The molecule has 1 N–H and O–H groups in total. The van der Waals surface area contributed by atoms with Crippen molar-refractivity contribution in [1.29, 1.82) is 0 Å². The first-order chi connectivity index (χ1) is 12.9. The van der Waals surface area contributed by atoms with Gasteiger partial charge in [0.2, 0.25) is 0 Å². The number of rotatable bonds is 2. The minimum Gasteiger partial charge on any atom is -0.490 e. The van der Waals surface area contributed by atoms with Crippen LogP contribution < -0.4 is 14.8 Å². The topological polar surface area (TPSA) is 56.3 Å². The summed E-state index contributed by atoms with van der Waals surface area (Å²) in [5, 5.41) is 4.69. The van der Waals surface area contributed by atoms with Crippen LogP contribution in [0, 0.1) is 0 Å². The van der Waals surface area contributed by atoms with Gasteiger partial charge in [-0.1, -0.05) is 6.42 Å². The molecule has 26 heavy (non-hydrogen) atoms. The highest BCUT2D eigenvalue weighted by molar-refractivity contribution is 7.18. The third-order valence-electron chi connectivity index (χ3n) is 5.01. The Labute approximate surface area is 156 Å². The van der Waals surface area contributed by atoms with Crippen molar-refractivity contribution in [3.8, 4) is 11.5 Å². The van der Waals surface area contributed by atoms with Gasteiger partial charge in [-0.15, -0.1) is 11.3 Å². The fourth-order valence-electron chi connectivity index (χ4n) is 3.74. The largest absolute Gasteiger partial charge is 0.490 e. The fourth-order valence-corrected chi connectivity index (χ4v) is 4.97. The second-order valence-corrected chi connectivity index (χ2v) is 7.89. The Hall–Kier alpha value is -2.34. The van der Waals surface area contributed by atoms with E-state index in [9.17, 15) is 0 Å². The van der Waals surface area contributed by atoms with E-state index < -0.39 is 0 Å². The van der Waals surface area contributed by atoms with Crippen molar-refractivity contribution in [3.05, 3.63) is 35.0 Å². The monoisotopic (exact) mass is 367 g/mol. The van der Waals surface area contributed by atoms with Crippen LogP contribution >= 0.6 is 11.3 Å². The van der Waals surface area contributed by atoms with Crippen LogP contribution in [-0.4, -0.2) is 23.2 Å². The number of benzene rings is 1. The Morgan fingerprint density at radius 2 is 1.81 bits per heavy atom. The van der Waals surface area contributed by atoms with Crippen LogP contribution in [0.4, 0.5) is 11.5 Å². The van der Waals surface area contributed by atoms with E-state index in [1.165, 1.54) is 41.5 Å². The number of hydrogen-bond acceptors (Lipinski definition) is 6. The van der Waals surface area contributed by atoms with Crippen LogP contribution in [0.25, 0.3) is 10.2 Å². The lowest BCUT2D eigenvalue weighted by molar-refractivity contribution is 0.297. The second-order valence-electron chi connectivity index (χ2n) is 6.80. The van der Waals surface area contributed by atoms with Gasteiger partial charge in [0.1, 0.15) is 17.0 Å². The van der Waals surface area contributed by atoms with Gasteiger partial charge in [0.15, 0.2) is 11.5 Å². The summed E-state index contributed by atoms with van der Waals surface area (Å²) in [6.45, 7) is 1.39. The van der Waals surface area contributed by atoms with E-state index in [4.69, 9.17) is 9.47 Å². The molecule has 1 aliphatic carbocycles. The van der Waals surface area contributed by atoms with Crippen molar-refractivity contribution >= 4 is 33.1 Å². The Morgan fingerprint density at radius 3 is 2.77 bits per heavy atom. The van der Waals surface area contributed by atoms with Gasteiger partial charge in [-0.2, -0.15) is 0 Å². The van der Waals surface area contributed by atoms with Crippen LogP contribution in [0.2, 0.25) is 0 Å². The summed E-state index contributed by atoms with van der Waals surface area (Å²) in [7, 11) is 0. The molecule has 0 unspecified atom stereocenters. The van der Waals surface area contributed by atoms with E-state index in [1.807, 2.05) is 29.5 Å². The number of fused-ring (bicyclic) bond motifs is 4. The molecule has 2 aromatic heterocycles. The summed E-state index contributed by atoms with van der Waals surface area (Å²) in [5.74, 6) is 2.50. The van der Waals surface area contributed by atoms with Gasteiger partial charge in [0.25, 0.3) is 0 Å². The molecule has 0 bridgehead atoms. The molecular formula is C20H21N3O2S. The standard InChI is InChI=1S/C20H21N3O2S/c1-2-5-14-17(6-3-1)26-20-18(14)19(21-12-22-20)23-13-7-8-15-16(11-13)25-10-4-9-24-15/h7-8,11-12H,1-6,9-10H2,(H,21,22,23). The van der Waals surface area contributed by atoms with E-state index in [0.717, 1.165) is 40.7 Å². The molecule has 6 heteroatoms. The van der Waals surface area contributed by atoms with Crippen molar-refractivity contribution < 1.29 is 9.47 Å². The zero-order valence-corrected chi connectivity index (χ0v) is 15.4. The number of aromatic nitrogens is 2. The van der Waals surface area contributed by atoms with Gasteiger partial charge in [0, 0.05) is 23.1 Å². The predicted octanol–water partition coefficient (Wildman–Crippen LogP) is 4.87. The highest BCUT2D eigenvalue weighted by Gasteiger charge is 2.19. The SMILES string of the molecule is c1nc(Nc2ccc3c(c2)OCCCO3)c2c3c(sc2n1)CCCCC3. The fraction of sp³-hybridized carbons (Fsp3) is 0.400. The minimum absolute atomic E-state index is 0.687. The molecular weight excluding hydrogens is 346 g/mol. The second kappa shape index (κ2) is 6.76. The van der Waals surface area contributed by atoms with E-state index in [-0.39, 0.29) is 0 Å². The molecule has 2 aliphatic rings. The maximum Gasteiger partial charge on any atom is 0.163 e. The summed E-state index contributed by atoms with van der Waals surface area (Å²) >= 11 is 1.83. The zero-order chi connectivity index (χ0) is 17.3. The number of nitrogens with zero attached hydrogens (tertiary/aromatic N) is 2. The molecule has 3 heterocycles. The molecule has 5 nitrogen and oxygen atoms in total. The summed E-state index contributed by atoms with van der Waals surface area (Å²) in [4.78, 5) is 11.7. The molecule has 0 spiro atoms. The van der Waals surface area contributed by atoms with Gasteiger partial charge in [-0.3, -0.25) is 0 Å². The van der Waals surface area contributed by atoms with Crippen molar-refractivity contribution in [3.63, 3.8) is 0 Å². The molecule has 0 amide bonds. The number of ether oxygens (including phenoxy) is 2. The Kier molecular flexibility index (Phi) is 4.13. The Morgan fingerprint density at radius 1 is 0.923 bits per heavy atom. The molecule has 0 saturated heterocycles. The molecule has 3 aromatic rings. The first kappa shape index (κ1) is 15.9. The third-order valence-corrected chi connectivity index (χ3v) is 6.21. The first-order valence-electron chi connectivity index (χ1n) is 9.30. The van der Waals surface area contributed by atoms with Gasteiger partial charge in [-0.05, 0) is 43.4 Å². The predicted molar refractivity (Wildman–Crippen MR) is 104 cm³/mol. The van der Waals surface area contributed by atoms with Gasteiger partial charge in [0.05, 0.1) is 18.6 Å². The quantitative estimate of drug-likeness (QED) is 0.655. The number of anilines is 2. The van der Waals surface area contributed by atoms with Crippen LogP contribution in [-0.2, 0) is 12.8 Å². The lowest BCUT2D eigenvalue weighted by Crippen LogP contribution is -1.98. The third kappa shape index (κ3) is 2.88. The smallest absolute Gasteiger partial charge is 0.163 e. The number of nitrogens with one attached hydrogen (secondary N) is 1. The van der Waals surface area contributed by atoms with Crippen molar-refractivity contribution in [2.75, 3.05) is 18.5 Å². The normalized spacial score (nSPS) is 16.6. The number of hydrogen-bond donors (Lipinski definition) is 1. The van der Waals surface area contributed by atoms with E-state index in [1.54, 1.807) is 6.33 Å². The maximum atomic E-state index is 5.81. The highest BCUT2D eigenvalue weighted by atomic mass is 32.1. The summed E-state index contributed by atoms with van der Waals surface area (Å²) in [6.07, 6.45) is 8.68. The molecule has 134 valence electrons. The lowest BCUT2D eigenvalue weighted by Gasteiger charge is -2.12. The molecule has 5 rings (SSSR count). The van der Waals surface area contributed by atoms with Crippen LogP contribution in [0.5, 0.6) is 11.5 Å². The first-order valence-corrected chi connectivity index (χ1v) is 10.1. The van der Waals surface area contributed by atoms with E-state index >= 15 is 0 Å². The molecule has 0 saturated carbocycles. The molecule has 1 aromatic carbocycles. The summed E-state index contributed by atoms with van der Waals surface area (Å²) < 4.78 is 11.5. The van der Waals surface area contributed by atoms with Crippen molar-refractivity contribution in [2.45, 2.75) is 38.5 Å². The molecule has 0 radical (unpaired) electrons. The van der Waals surface area contributed by atoms with E-state index in [2.05, 4.69) is 15.3 Å². The Balaban J connectivity index is 1.53. The average molecular weight is 367 g/mol. The van der Waals surface area contributed by atoms with Crippen LogP contribution in [0.15, 0.2) is 24.5 Å². The van der Waals surface area contributed by atoms with Gasteiger partial charge < -0.3 is 14.8 Å². The molecule has 0 fully saturated rings.